The molecule has 4 nitrogen and oxygen atoms in total. The van der Waals surface area contributed by atoms with Crippen LogP contribution in [0.4, 0.5) is 0 Å². The molecule has 1 saturated carbocycles. The molecule has 1 atom stereocenters. The minimum Gasteiger partial charge on any atom is -0.493 e. The van der Waals surface area contributed by atoms with Crippen LogP contribution in [0.15, 0.2) is 24.3 Å². The van der Waals surface area contributed by atoms with Gasteiger partial charge in [0.15, 0.2) is 0 Å². The third kappa shape index (κ3) is 4.46. The van der Waals surface area contributed by atoms with Gasteiger partial charge >= 0.3 is 5.97 Å². The average molecular weight is 291 g/mol. The number of carbonyl (C=O) groups is 1. The highest BCUT2D eigenvalue weighted by Crippen LogP contribution is 2.25. The van der Waals surface area contributed by atoms with Crippen LogP contribution in [0.2, 0.25) is 0 Å². The van der Waals surface area contributed by atoms with Gasteiger partial charge < -0.3 is 9.47 Å². The monoisotopic (exact) mass is 291 g/mol. The number of carbonyl (C=O) groups excluding carboxylic acids is 1. The van der Waals surface area contributed by atoms with Crippen molar-refractivity contribution < 1.29 is 14.3 Å². The number of aryl methyl sites for hydroxylation is 1. The molecule has 1 N–H and O–H groups in total. The lowest BCUT2D eigenvalue weighted by Gasteiger charge is -2.28. The largest absolute Gasteiger partial charge is 0.493 e. The van der Waals surface area contributed by atoms with Gasteiger partial charge in [0, 0.05) is 12.5 Å². The van der Waals surface area contributed by atoms with Gasteiger partial charge in [-0.3, -0.25) is 10.1 Å². The molecule has 1 aliphatic rings. The van der Waals surface area contributed by atoms with E-state index in [-0.39, 0.29) is 5.97 Å². The van der Waals surface area contributed by atoms with Crippen LogP contribution in [-0.2, 0) is 16.0 Å². The number of methoxy groups -OCH3 is 1. The first-order chi connectivity index (χ1) is 10.1. The van der Waals surface area contributed by atoms with E-state index in [1.54, 1.807) is 0 Å². The van der Waals surface area contributed by atoms with Gasteiger partial charge in [-0.25, -0.2) is 0 Å². The summed E-state index contributed by atoms with van der Waals surface area (Å²) in [5.74, 6) is 0.633. The first-order valence-electron chi connectivity index (χ1n) is 7.65. The quantitative estimate of drug-likeness (QED) is 0.748. The second kappa shape index (κ2) is 6.94. The summed E-state index contributed by atoms with van der Waals surface area (Å²) in [5, 5.41) is 3.37. The fraction of sp³-hybridized carbons (Fsp3) is 0.588. The number of benzene rings is 1. The zero-order chi connectivity index (χ0) is 15.3. The number of esters is 1. The highest BCUT2D eigenvalue weighted by molar-refractivity contribution is 5.80. The van der Waals surface area contributed by atoms with Crippen LogP contribution in [0.3, 0.4) is 0 Å². The van der Waals surface area contributed by atoms with Gasteiger partial charge in [-0.1, -0.05) is 19.1 Å². The van der Waals surface area contributed by atoms with Gasteiger partial charge in [0.25, 0.3) is 0 Å². The zero-order valence-corrected chi connectivity index (χ0v) is 13.1. The second-order valence-corrected chi connectivity index (χ2v) is 5.84. The summed E-state index contributed by atoms with van der Waals surface area (Å²) < 4.78 is 10.7. The molecular formula is C17H25NO3. The Morgan fingerprint density at radius 3 is 2.81 bits per heavy atom. The Balaban J connectivity index is 1.90. The molecular weight excluding hydrogens is 266 g/mol. The molecule has 0 amide bonds. The van der Waals surface area contributed by atoms with E-state index in [0.717, 1.165) is 25.0 Å². The molecule has 0 radical (unpaired) electrons. The van der Waals surface area contributed by atoms with Gasteiger partial charge in [0.2, 0.25) is 0 Å². The highest BCUT2D eigenvalue weighted by atomic mass is 16.5. The molecule has 116 valence electrons. The molecule has 1 aromatic rings. The third-order valence-corrected chi connectivity index (χ3v) is 3.91. The summed E-state index contributed by atoms with van der Waals surface area (Å²) in [4.78, 5) is 12.0. The maximum atomic E-state index is 12.0. The van der Waals surface area contributed by atoms with Crippen molar-refractivity contribution in [2.75, 3.05) is 13.7 Å². The van der Waals surface area contributed by atoms with Crippen LogP contribution in [-0.4, -0.2) is 31.3 Å². The van der Waals surface area contributed by atoms with Gasteiger partial charge in [0.1, 0.15) is 11.3 Å². The highest BCUT2D eigenvalue weighted by Gasteiger charge is 2.39. The summed E-state index contributed by atoms with van der Waals surface area (Å²) in [5.41, 5.74) is 0.581. The Hall–Kier alpha value is -1.55. The Bertz CT molecular complexity index is 485. The molecule has 0 saturated heterocycles. The zero-order valence-electron chi connectivity index (χ0n) is 13.1. The van der Waals surface area contributed by atoms with E-state index in [4.69, 9.17) is 9.47 Å². The van der Waals surface area contributed by atoms with Crippen molar-refractivity contribution >= 4 is 5.97 Å². The van der Waals surface area contributed by atoms with Crippen LogP contribution < -0.4 is 10.1 Å². The molecule has 21 heavy (non-hydrogen) atoms. The fourth-order valence-corrected chi connectivity index (χ4v) is 2.36. The van der Waals surface area contributed by atoms with Gasteiger partial charge in [-0.2, -0.15) is 0 Å². The minimum absolute atomic E-state index is 0.222. The number of hydrogen-bond donors (Lipinski definition) is 1. The lowest BCUT2D eigenvalue weighted by molar-refractivity contribution is -0.148. The third-order valence-electron chi connectivity index (χ3n) is 3.91. The average Bonchev–Trinajstić information content (AvgIpc) is 3.30. The normalized spacial score (nSPS) is 17.1. The Kier molecular flexibility index (Phi) is 5.23. The minimum atomic E-state index is -0.668. The summed E-state index contributed by atoms with van der Waals surface area (Å²) in [6, 6.07) is 8.51. The smallest absolute Gasteiger partial charge is 0.325 e. The van der Waals surface area contributed by atoms with Crippen LogP contribution in [0.25, 0.3) is 0 Å². The van der Waals surface area contributed by atoms with Gasteiger partial charge in [0.05, 0.1) is 13.7 Å². The van der Waals surface area contributed by atoms with E-state index in [1.165, 1.54) is 12.7 Å². The van der Waals surface area contributed by atoms with E-state index < -0.39 is 5.54 Å². The van der Waals surface area contributed by atoms with E-state index in [9.17, 15) is 4.79 Å². The summed E-state index contributed by atoms with van der Waals surface area (Å²) in [6.07, 6.45) is 3.84. The van der Waals surface area contributed by atoms with Crippen molar-refractivity contribution in [1.82, 2.24) is 5.32 Å². The Morgan fingerprint density at radius 1 is 1.43 bits per heavy atom. The Morgan fingerprint density at radius 2 is 2.19 bits per heavy atom. The van der Waals surface area contributed by atoms with Crippen molar-refractivity contribution in [2.24, 2.45) is 0 Å². The van der Waals surface area contributed by atoms with Crippen LogP contribution in [0, 0.1) is 0 Å². The SMILES string of the molecule is CCc1cccc(OCCC(C)(NC2CC2)C(=O)OC)c1. The topological polar surface area (TPSA) is 47.6 Å². The van der Waals surface area contributed by atoms with E-state index in [2.05, 4.69) is 18.3 Å². The summed E-state index contributed by atoms with van der Waals surface area (Å²) >= 11 is 0. The molecule has 1 fully saturated rings. The standard InChI is InChI=1S/C17H25NO3/c1-4-13-6-5-7-15(12-13)21-11-10-17(2,16(19)20-3)18-14-8-9-14/h5-7,12,14,18H,4,8-11H2,1-3H3. The maximum Gasteiger partial charge on any atom is 0.325 e. The van der Waals surface area contributed by atoms with Crippen molar-refractivity contribution in [3.63, 3.8) is 0 Å². The van der Waals surface area contributed by atoms with Crippen molar-refractivity contribution in [2.45, 2.75) is 51.1 Å². The molecule has 1 unspecified atom stereocenters. The van der Waals surface area contributed by atoms with Crippen LogP contribution in [0.5, 0.6) is 5.75 Å². The van der Waals surface area contributed by atoms with Crippen molar-refractivity contribution in [1.29, 1.82) is 0 Å². The van der Waals surface area contributed by atoms with Crippen LogP contribution >= 0.6 is 0 Å². The molecule has 1 aromatic carbocycles. The van der Waals surface area contributed by atoms with Gasteiger partial charge in [-0.05, 0) is 43.9 Å². The fourth-order valence-electron chi connectivity index (χ4n) is 2.36. The van der Waals surface area contributed by atoms with Crippen molar-refractivity contribution in [3.05, 3.63) is 29.8 Å². The maximum absolute atomic E-state index is 12.0. The number of rotatable bonds is 8. The number of nitrogens with one attached hydrogen (secondary N) is 1. The molecule has 0 spiro atoms. The molecule has 0 heterocycles. The second-order valence-electron chi connectivity index (χ2n) is 5.84. The van der Waals surface area contributed by atoms with E-state index >= 15 is 0 Å². The first kappa shape index (κ1) is 15.8. The lowest BCUT2D eigenvalue weighted by atomic mass is 9.98. The van der Waals surface area contributed by atoms with Crippen LogP contribution in [0.1, 0.15) is 38.7 Å². The van der Waals surface area contributed by atoms with E-state index in [1.807, 2.05) is 25.1 Å². The number of ether oxygens (including phenoxy) is 2. The van der Waals surface area contributed by atoms with Gasteiger partial charge in [-0.15, -0.1) is 0 Å². The number of hydrogen-bond acceptors (Lipinski definition) is 4. The first-order valence-corrected chi connectivity index (χ1v) is 7.65. The molecule has 0 aromatic heterocycles. The predicted molar refractivity (Wildman–Crippen MR) is 82.5 cm³/mol. The van der Waals surface area contributed by atoms with E-state index in [0.29, 0.717) is 19.1 Å². The van der Waals surface area contributed by atoms with Crippen molar-refractivity contribution in [3.8, 4) is 5.75 Å². The molecule has 4 heteroatoms. The summed E-state index contributed by atoms with van der Waals surface area (Å²) in [7, 11) is 1.43. The molecule has 1 aliphatic carbocycles. The summed E-state index contributed by atoms with van der Waals surface area (Å²) in [6.45, 7) is 4.49. The Labute approximate surface area is 126 Å². The molecule has 2 rings (SSSR count). The molecule has 0 bridgehead atoms. The predicted octanol–water partition coefficient (Wildman–Crippen LogP) is 2.70. The lowest BCUT2D eigenvalue weighted by Crippen LogP contribution is -2.52. The molecule has 0 aliphatic heterocycles.